The Morgan fingerprint density at radius 3 is 1.97 bits per heavy atom. The van der Waals surface area contributed by atoms with Crippen LogP contribution >= 0.6 is 0 Å². The summed E-state index contributed by atoms with van der Waals surface area (Å²) in [7, 11) is 3.84. The maximum Gasteiger partial charge on any atom is 0.322 e. The van der Waals surface area contributed by atoms with Crippen molar-refractivity contribution < 1.29 is 18.9 Å². The van der Waals surface area contributed by atoms with E-state index in [9.17, 15) is 19.7 Å². The molecule has 2 amide bonds. The predicted octanol–water partition coefficient (Wildman–Crippen LogP) is 4.22. The summed E-state index contributed by atoms with van der Waals surface area (Å²) in [5, 5.41) is 23.7. The molecule has 2 N–H and O–H groups in total. The number of hydrogen-bond acceptors (Lipinski definition) is 8. The highest BCUT2D eigenvalue weighted by Crippen LogP contribution is 2.23. The molecule has 176 valence electrons. The molecule has 11 heteroatoms. The Morgan fingerprint density at radius 1 is 0.829 bits per heavy atom. The molecule has 0 aliphatic carbocycles. The largest absolute Gasteiger partial charge is 0.403 e. The summed E-state index contributed by atoms with van der Waals surface area (Å²) < 4.78 is 5.43. The van der Waals surface area contributed by atoms with Crippen LogP contribution in [0.5, 0.6) is 0 Å². The van der Waals surface area contributed by atoms with Crippen molar-refractivity contribution in [2.24, 2.45) is 0 Å². The number of nitro benzene ring substituents is 1. The number of nitrogens with one attached hydrogen (secondary N) is 2. The van der Waals surface area contributed by atoms with E-state index in [1.807, 2.05) is 31.1 Å². The fourth-order valence-electron chi connectivity index (χ4n) is 3.10. The lowest BCUT2D eigenvalue weighted by molar-refractivity contribution is -0.384. The molecule has 35 heavy (non-hydrogen) atoms. The molecule has 0 bridgehead atoms. The molecule has 0 fully saturated rings. The van der Waals surface area contributed by atoms with Crippen molar-refractivity contribution in [3.63, 3.8) is 0 Å². The van der Waals surface area contributed by atoms with Crippen LogP contribution in [0.4, 0.5) is 23.1 Å². The molecule has 3 aromatic carbocycles. The van der Waals surface area contributed by atoms with Crippen LogP contribution < -0.4 is 15.5 Å². The molecule has 4 aromatic rings. The van der Waals surface area contributed by atoms with Crippen LogP contribution in [-0.4, -0.2) is 41.0 Å². The summed E-state index contributed by atoms with van der Waals surface area (Å²) in [6.45, 7) is 0. The molecular formula is C24H20N6O5. The second kappa shape index (κ2) is 9.83. The lowest BCUT2D eigenvalue weighted by Gasteiger charge is -2.12. The number of non-ortho nitro benzene ring substituents is 1. The van der Waals surface area contributed by atoms with E-state index in [0.717, 1.165) is 5.69 Å². The molecule has 0 aliphatic heterocycles. The molecule has 0 aliphatic rings. The topological polar surface area (TPSA) is 144 Å². The van der Waals surface area contributed by atoms with E-state index < -0.39 is 10.8 Å². The molecule has 0 unspecified atom stereocenters. The first kappa shape index (κ1) is 23.1. The minimum atomic E-state index is -0.511. The Hall–Kier alpha value is -5.06. The third-order valence-corrected chi connectivity index (χ3v) is 5.02. The number of nitro groups is 1. The molecule has 1 heterocycles. The smallest absolute Gasteiger partial charge is 0.322 e. The van der Waals surface area contributed by atoms with Gasteiger partial charge in [0.2, 0.25) is 5.89 Å². The SMILES string of the molecule is CN(C)c1ccc(C(=O)Nc2ccc(C(=O)Nc3nnc(-c4ccc([N+](=O)[O-])cc4)o3)cc2)cc1. The van der Waals surface area contributed by atoms with Gasteiger partial charge in [0.15, 0.2) is 0 Å². The van der Waals surface area contributed by atoms with Gasteiger partial charge in [-0.2, -0.15) is 0 Å². The van der Waals surface area contributed by atoms with Gasteiger partial charge in [-0.05, 0) is 60.7 Å². The van der Waals surface area contributed by atoms with Crippen LogP contribution in [0, 0.1) is 10.1 Å². The number of aromatic nitrogens is 2. The number of hydrogen-bond donors (Lipinski definition) is 2. The van der Waals surface area contributed by atoms with Gasteiger partial charge in [-0.15, -0.1) is 5.10 Å². The zero-order valence-electron chi connectivity index (χ0n) is 18.8. The maximum atomic E-state index is 12.5. The van der Waals surface area contributed by atoms with Crippen molar-refractivity contribution in [2.75, 3.05) is 29.6 Å². The van der Waals surface area contributed by atoms with Crippen molar-refractivity contribution in [2.45, 2.75) is 0 Å². The number of rotatable bonds is 7. The van der Waals surface area contributed by atoms with Gasteiger partial charge in [-0.25, -0.2) is 0 Å². The standard InChI is InChI=1S/C24H20N6O5/c1-29(2)19-11-5-16(6-12-19)21(31)25-18-9-3-15(4-10-18)22(32)26-24-28-27-23(35-24)17-7-13-20(14-8-17)30(33)34/h3-14H,1-2H3,(H,25,31)(H,26,28,32). The summed E-state index contributed by atoms with van der Waals surface area (Å²) in [5.41, 5.74) is 2.74. The van der Waals surface area contributed by atoms with Gasteiger partial charge in [0.25, 0.3) is 17.5 Å². The Bertz CT molecular complexity index is 1360. The minimum Gasteiger partial charge on any atom is -0.403 e. The minimum absolute atomic E-state index is 0.0661. The van der Waals surface area contributed by atoms with Crippen molar-refractivity contribution in [1.29, 1.82) is 0 Å². The highest BCUT2D eigenvalue weighted by Gasteiger charge is 2.14. The highest BCUT2D eigenvalue weighted by molar-refractivity contribution is 6.06. The molecule has 1 aromatic heterocycles. The van der Waals surface area contributed by atoms with Crippen LogP contribution in [0.1, 0.15) is 20.7 Å². The molecular weight excluding hydrogens is 452 g/mol. The number of anilines is 3. The summed E-state index contributed by atoms with van der Waals surface area (Å²) in [6.07, 6.45) is 0. The third-order valence-electron chi connectivity index (χ3n) is 5.02. The van der Waals surface area contributed by atoms with Gasteiger partial charge < -0.3 is 14.6 Å². The lowest BCUT2D eigenvalue weighted by Crippen LogP contribution is -2.14. The summed E-state index contributed by atoms with van der Waals surface area (Å²) in [4.78, 5) is 37.2. The van der Waals surface area contributed by atoms with E-state index in [1.54, 1.807) is 36.4 Å². The van der Waals surface area contributed by atoms with Crippen LogP contribution in [0.3, 0.4) is 0 Å². The van der Waals surface area contributed by atoms with Gasteiger partial charge in [-0.3, -0.25) is 25.0 Å². The number of carbonyl (C=O) groups is 2. The Labute approximate surface area is 199 Å². The molecule has 0 radical (unpaired) electrons. The van der Waals surface area contributed by atoms with Crippen molar-refractivity contribution in [1.82, 2.24) is 10.2 Å². The van der Waals surface area contributed by atoms with Gasteiger partial charge >= 0.3 is 6.01 Å². The normalized spacial score (nSPS) is 10.5. The first-order chi connectivity index (χ1) is 16.8. The highest BCUT2D eigenvalue weighted by atomic mass is 16.6. The van der Waals surface area contributed by atoms with Gasteiger partial charge in [-0.1, -0.05) is 5.10 Å². The van der Waals surface area contributed by atoms with Crippen LogP contribution in [0.2, 0.25) is 0 Å². The second-order valence-corrected chi connectivity index (χ2v) is 7.64. The Balaban J connectivity index is 1.37. The quantitative estimate of drug-likeness (QED) is 0.301. The average Bonchev–Trinajstić information content (AvgIpc) is 3.33. The number of nitrogens with zero attached hydrogens (tertiary/aromatic N) is 4. The predicted molar refractivity (Wildman–Crippen MR) is 130 cm³/mol. The molecule has 0 saturated carbocycles. The number of carbonyl (C=O) groups excluding carboxylic acids is 2. The molecule has 0 spiro atoms. The zero-order valence-corrected chi connectivity index (χ0v) is 18.8. The van der Waals surface area contributed by atoms with Crippen LogP contribution in [0.15, 0.2) is 77.2 Å². The van der Waals surface area contributed by atoms with E-state index >= 15 is 0 Å². The monoisotopic (exact) mass is 472 g/mol. The average molecular weight is 472 g/mol. The molecule has 4 rings (SSSR count). The van der Waals surface area contributed by atoms with E-state index in [-0.39, 0.29) is 23.5 Å². The molecule has 11 nitrogen and oxygen atoms in total. The van der Waals surface area contributed by atoms with Crippen molar-refractivity contribution in [3.8, 4) is 11.5 Å². The lowest BCUT2D eigenvalue weighted by atomic mass is 10.1. The van der Waals surface area contributed by atoms with E-state index in [0.29, 0.717) is 22.4 Å². The van der Waals surface area contributed by atoms with Gasteiger partial charge in [0.1, 0.15) is 0 Å². The Kier molecular flexibility index (Phi) is 6.49. The first-order valence-corrected chi connectivity index (χ1v) is 10.4. The first-order valence-electron chi connectivity index (χ1n) is 10.4. The van der Waals surface area contributed by atoms with E-state index in [4.69, 9.17) is 4.42 Å². The zero-order chi connectivity index (χ0) is 24.9. The summed E-state index contributed by atoms with van der Waals surface area (Å²) in [6, 6.07) is 19.0. The summed E-state index contributed by atoms with van der Waals surface area (Å²) in [5.74, 6) is -0.648. The van der Waals surface area contributed by atoms with Gasteiger partial charge in [0, 0.05) is 54.3 Å². The molecule has 0 saturated heterocycles. The van der Waals surface area contributed by atoms with Crippen molar-refractivity contribution in [3.05, 3.63) is 94.0 Å². The van der Waals surface area contributed by atoms with E-state index in [2.05, 4.69) is 20.8 Å². The van der Waals surface area contributed by atoms with E-state index in [1.165, 1.54) is 24.3 Å². The van der Waals surface area contributed by atoms with Crippen LogP contribution in [0.25, 0.3) is 11.5 Å². The summed E-state index contributed by atoms with van der Waals surface area (Å²) >= 11 is 0. The van der Waals surface area contributed by atoms with Crippen molar-refractivity contribution >= 4 is 34.9 Å². The van der Waals surface area contributed by atoms with Crippen LogP contribution in [-0.2, 0) is 0 Å². The third kappa shape index (κ3) is 5.47. The molecule has 0 atom stereocenters. The number of amides is 2. The Morgan fingerprint density at radius 2 is 1.40 bits per heavy atom. The maximum absolute atomic E-state index is 12.5. The second-order valence-electron chi connectivity index (χ2n) is 7.64. The fraction of sp³-hybridized carbons (Fsp3) is 0.0833. The fourth-order valence-corrected chi connectivity index (χ4v) is 3.10. The number of benzene rings is 3. The van der Waals surface area contributed by atoms with Gasteiger partial charge in [0.05, 0.1) is 4.92 Å².